The first-order valence-electron chi connectivity index (χ1n) is 6.73. The standard InChI is InChI=1S/C14H23N3/c1-13(8-11-17-10-5-9-16-17)15-12-14-6-3-2-4-7-14/h5-6,9-10,13,15H,2-4,7-8,11-12H2,1H3. The van der Waals surface area contributed by atoms with Crippen LogP contribution in [0.1, 0.15) is 39.0 Å². The molecule has 3 heteroatoms. The SMILES string of the molecule is CC(CCn1cccn1)NCC1=CCCCC1. The average molecular weight is 233 g/mol. The predicted octanol–water partition coefficient (Wildman–Crippen LogP) is 2.75. The van der Waals surface area contributed by atoms with Crippen LogP contribution in [0.3, 0.4) is 0 Å². The highest BCUT2D eigenvalue weighted by Gasteiger charge is 2.06. The van der Waals surface area contributed by atoms with E-state index in [1.54, 1.807) is 5.57 Å². The number of hydrogen-bond donors (Lipinski definition) is 1. The molecule has 3 nitrogen and oxygen atoms in total. The maximum Gasteiger partial charge on any atom is 0.0489 e. The van der Waals surface area contributed by atoms with Crippen molar-refractivity contribution in [1.29, 1.82) is 0 Å². The lowest BCUT2D eigenvalue weighted by molar-refractivity contribution is 0.466. The molecule has 94 valence electrons. The van der Waals surface area contributed by atoms with E-state index in [2.05, 4.69) is 23.4 Å². The minimum Gasteiger partial charge on any atom is -0.310 e. The zero-order valence-electron chi connectivity index (χ0n) is 10.7. The van der Waals surface area contributed by atoms with Crippen molar-refractivity contribution in [1.82, 2.24) is 15.1 Å². The Morgan fingerprint density at radius 3 is 3.12 bits per heavy atom. The minimum absolute atomic E-state index is 0.557. The number of aryl methyl sites for hydroxylation is 1. The lowest BCUT2D eigenvalue weighted by Gasteiger charge is -2.17. The van der Waals surface area contributed by atoms with Crippen molar-refractivity contribution < 1.29 is 0 Å². The van der Waals surface area contributed by atoms with Gasteiger partial charge in [0.25, 0.3) is 0 Å². The van der Waals surface area contributed by atoms with Crippen molar-refractivity contribution in [3.8, 4) is 0 Å². The van der Waals surface area contributed by atoms with E-state index in [1.165, 1.54) is 25.7 Å². The Kier molecular flexibility index (Phi) is 4.80. The number of hydrogen-bond acceptors (Lipinski definition) is 2. The van der Waals surface area contributed by atoms with E-state index in [0.29, 0.717) is 6.04 Å². The van der Waals surface area contributed by atoms with Crippen LogP contribution in [0.25, 0.3) is 0 Å². The summed E-state index contributed by atoms with van der Waals surface area (Å²) in [6.07, 6.45) is 12.7. The molecule has 0 aliphatic heterocycles. The Morgan fingerprint density at radius 2 is 2.41 bits per heavy atom. The molecule has 0 bridgehead atoms. The van der Waals surface area contributed by atoms with Gasteiger partial charge < -0.3 is 5.32 Å². The van der Waals surface area contributed by atoms with E-state index < -0.39 is 0 Å². The summed E-state index contributed by atoms with van der Waals surface area (Å²) in [5.41, 5.74) is 1.60. The Morgan fingerprint density at radius 1 is 1.47 bits per heavy atom. The van der Waals surface area contributed by atoms with Crippen molar-refractivity contribution in [3.05, 3.63) is 30.1 Å². The molecule has 2 rings (SSSR count). The number of nitrogens with one attached hydrogen (secondary N) is 1. The first kappa shape index (κ1) is 12.4. The van der Waals surface area contributed by atoms with Gasteiger partial charge >= 0.3 is 0 Å². The van der Waals surface area contributed by atoms with E-state index in [-0.39, 0.29) is 0 Å². The largest absolute Gasteiger partial charge is 0.310 e. The van der Waals surface area contributed by atoms with Crippen LogP contribution >= 0.6 is 0 Å². The molecular formula is C14H23N3. The van der Waals surface area contributed by atoms with Crippen LogP contribution in [0.2, 0.25) is 0 Å². The van der Waals surface area contributed by atoms with Crippen molar-refractivity contribution in [2.45, 2.75) is 51.6 Å². The summed E-state index contributed by atoms with van der Waals surface area (Å²) in [6, 6.07) is 2.53. The van der Waals surface area contributed by atoms with Gasteiger partial charge in [-0.2, -0.15) is 5.10 Å². The average Bonchev–Trinajstić information content (AvgIpc) is 2.88. The van der Waals surface area contributed by atoms with Gasteiger partial charge in [-0.15, -0.1) is 0 Å². The van der Waals surface area contributed by atoms with E-state index in [1.807, 2.05) is 23.1 Å². The second-order valence-electron chi connectivity index (χ2n) is 4.95. The Balaban J connectivity index is 1.63. The predicted molar refractivity (Wildman–Crippen MR) is 70.9 cm³/mol. The monoisotopic (exact) mass is 233 g/mol. The fourth-order valence-electron chi connectivity index (χ4n) is 2.23. The zero-order valence-corrected chi connectivity index (χ0v) is 10.7. The first-order valence-corrected chi connectivity index (χ1v) is 6.73. The molecule has 1 atom stereocenters. The van der Waals surface area contributed by atoms with Crippen LogP contribution in [0, 0.1) is 0 Å². The number of nitrogens with zero attached hydrogens (tertiary/aromatic N) is 2. The van der Waals surface area contributed by atoms with Gasteiger partial charge in [0.05, 0.1) is 0 Å². The molecular weight excluding hydrogens is 210 g/mol. The summed E-state index contributed by atoms with van der Waals surface area (Å²) in [5.74, 6) is 0. The van der Waals surface area contributed by atoms with Crippen LogP contribution in [0.15, 0.2) is 30.1 Å². The molecule has 17 heavy (non-hydrogen) atoms. The summed E-state index contributed by atoms with van der Waals surface area (Å²) in [7, 11) is 0. The summed E-state index contributed by atoms with van der Waals surface area (Å²) in [4.78, 5) is 0. The van der Waals surface area contributed by atoms with Crippen molar-refractivity contribution in [2.24, 2.45) is 0 Å². The van der Waals surface area contributed by atoms with E-state index in [0.717, 1.165) is 19.5 Å². The molecule has 1 aromatic rings. The molecule has 0 amide bonds. The Bertz CT molecular complexity index is 340. The third-order valence-corrected chi connectivity index (χ3v) is 3.41. The Labute approximate surface area is 104 Å². The summed E-state index contributed by atoms with van der Waals surface area (Å²) >= 11 is 0. The lowest BCUT2D eigenvalue weighted by Crippen LogP contribution is -2.29. The molecule has 0 aromatic carbocycles. The quantitative estimate of drug-likeness (QED) is 0.766. The third kappa shape index (κ3) is 4.35. The second-order valence-corrected chi connectivity index (χ2v) is 4.95. The van der Waals surface area contributed by atoms with Gasteiger partial charge in [-0.25, -0.2) is 0 Å². The molecule has 0 fully saturated rings. The number of allylic oxidation sites excluding steroid dienone is 1. The first-order chi connectivity index (χ1) is 8.34. The second kappa shape index (κ2) is 6.60. The maximum atomic E-state index is 4.22. The molecule has 1 N–H and O–H groups in total. The van der Waals surface area contributed by atoms with Crippen molar-refractivity contribution in [3.63, 3.8) is 0 Å². The van der Waals surface area contributed by atoms with E-state index in [4.69, 9.17) is 0 Å². The van der Waals surface area contributed by atoms with Gasteiger partial charge in [-0.1, -0.05) is 11.6 Å². The van der Waals surface area contributed by atoms with Gasteiger partial charge in [0.2, 0.25) is 0 Å². The highest BCUT2D eigenvalue weighted by atomic mass is 15.3. The molecule has 0 spiro atoms. The van der Waals surface area contributed by atoms with Gasteiger partial charge in [0.1, 0.15) is 0 Å². The fourth-order valence-corrected chi connectivity index (χ4v) is 2.23. The molecule has 0 saturated heterocycles. The topological polar surface area (TPSA) is 29.9 Å². The van der Waals surface area contributed by atoms with E-state index in [9.17, 15) is 0 Å². The van der Waals surface area contributed by atoms with Crippen LogP contribution in [-0.2, 0) is 6.54 Å². The smallest absolute Gasteiger partial charge is 0.0489 e. The number of rotatable bonds is 6. The molecule has 1 aliphatic rings. The van der Waals surface area contributed by atoms with Crippen LogP contribution < -0.4 is 5.32 Å². The minimum atomic E-state index is 0.557. The maximum absolute atomic E-state index is 4.22. The third-order valence-electron chi connectivity index (χ3n) is 3.41. The normalized spacial score (nSPS) is 17.8. The lowest BCUT2D eigenvalue weighted by atomic mass is 9.99. The van der Waals surface area contributed by atoms with Gasteiger partial charge in [0, 0.05) is 31.5 Å². The summed E-state index contributed by atoms with van der Waals surface area (Å²) < 4.78 is 2.00. The molecule has 0 radical (unpaired) electrons. The highest BCUT2D eigenvalue weighted by Crippen LogP contribution is 2.16. The van der Waals surface area contributed by atoms with Crippen LogP contribution in [0.4, 0.5) is 0 Å². The zero-order chi connectivity index (χ0) is 11.9. The Hall–Kier alpha value is -1.09. The van der Waals surface area contributed by atoms with Crippen molar-refractivity contribution >= 4 is 0 Å². The van der Waals surface area contributed by atoms with Crippen LogP contribution in [-0.4, -0.2) is 22.4 Å². The summed E-state index contributed by atoms with van der Waals surface area (Å²) in [6.45, 7) is 4.33. The van der Waals surface area contributed by atoms with Gasteiger partial charge in [-0.05, 0) is 45.1 Å². The van der Waals surface area contributed by atoms with Gasteiger partial charge in [0.15, 0.2) is 0 Å². The molecule has 0 saturated carbocycles. The van der Waals surface area contributed by atoms with Gasteiger partial charge in [-0.3, -0.25) is 4.68 Å². The van der Waals surface area contributed by atoms with Crippen LogP contribution in [0.5, 0.6) is 0 Å². The highest BCUT2D eigenvalue weighted by molar-refractivity contribution is 5.06. The molecule has 1 aromatic heterocycles. The number of aromatic nitrogens is 2. The molecule has 1 aliphatic carbocycles. The summed E-state index contributed by atoms with van der Waals surface area (Å²) in [5, 5.41) is 7.82. The van der Waals surface area contributed by atoms with E-state index >= 15 is 0 Å². The fraction of sp³-hybridized carbons (Fsp3) is 0.643. The van der Waals surface area contributed by atoms with Crippen molar-refractivity contribution in [2.75, 3.05) is 6.54 Å². The molecule has 1 unspecified atom stereocenters. The molecule has 1 heterocycles.